The van der Waals surface area contributed by atoms with Crippen LogP contribution in [0.3, 0.4) is 0 Å². The smallest absolute Gasteiger partial charge is 0.305 e. The predicted molar refractivity (Wildman–Crippen MR) is 130 cm³/mol. The number of carboxylic acids is 1. The van der Waals surface area contributed by atoms with E-state index >= 15 is 0 Å². The lowest BCUT2D eigenvalue weighted by molar-refractivity contribution is -0.137. The summed E-state index contributed by atoms with van der Waals surface area (Å²) < 4.78 is 7.37. The van der Waals surface area contributed by atoms with Crippen molar-refractivity contribution in [2.75, 3.05) is 6.54 Å². The minimum absolute atomic E-state index is 0.00320. The quantitative estimate of drug-likeness (QED) is 0.374. The highest BCUT2D eigenvalue weighted by molar-refractivity contribution is 8.26. The van der Waals surface area contributed by atoms with Crippen molar-refractivity contribution < 1.29 is 19.4 Å². The van der Waals surface area contributed by atoms with Crippen molar-refractivity contribution in [1.82, 2.24) is 14.3 Å². The fraction of sp³-hybridized carbons (Fsp3) is 0.0952. The number of thioether (sulfide) groups is 1. The Morgan fingerprint density at radius 3 is 2.76 bits per heavy atom. The summed E-state index contributed by atoms with van der Waals surface area (Å²) in [5.41, 5.74) is -0.145. The molecule has 4 rings (SSSR count). The minimum Gasteiger partial charge on any atom is -0.481 e. The van der Waals surface area contributed by atoms with E-state index < -0.39 is 17.4 Å². The molecule has 2 aromatic heterocycles. The van der Waals surface area contributed by atoms with Gasteiger partial charge in [-0.1, -0.05) is 53.2 Å². The lowest BCUT2D eigenvalue weighted by atomic mass is 10.2. The molecule has 1 amide bonds. The van der Waals surface area contributed by atoms with E-state index in [1.807, 2.05) is 0 Å². The summed E-state index contributed by atoms with van der Waals surface area (Å²) >= 11 is 18.3. The highest BCUT2D eigenvalue weighted by Crippen LogP contribution is 2.35. The van der Waals surface area contributed by atoms with Crippen molar-refractivity contribution in [1.29, 1.82) is 0 Å². The maximum atomic E-state index is 13.3. The van der Waals surface area contributed by atoms with Crippen LogP contribution in [0.5, 0.6) is 11.6 Å². The van der Waals surface area contributed by atoms with Crippen LogP contribution in [-0.2, 0) is 9.59 Å². The van der Waals surface area contributed by atoms with Gasteiger partial charge in [0.2, 0.25) is 5.88 Å². The highest BCUT2D eigenvalue weighted by atomic mass is 35.5. The lowest BCUT2D eigenvalue weighted by Crippen LogP contribution is -2.30. The van der Waals surface area contributed by atoms with Gasteiger partial charge >= 0.3 is 5.97 Å². The van der Waals surface area contributed by atoms with Gasteiger partial charge in [0.1, 0.15) is 21.3 Å². The monoisotopic (exact) mass is 521 g/mol. The van der Waals surface area contributed by atoms with Gasteiger partial charge in [-0.05, 0) is 36.4 Å². The van der Waals surface area contributed by atoms with Crippen molar-refractivity contribution in [3.63, 3.8) is 0 Å². The lowest BCUT2D eigenvalue weighted by Gasteiger charge is -2.12. The summed E-state index contributed by atoms with van der Waals surface area (Å²) in [6, 6.07) is 9.61. The molecule has 8 nitrogen and oxygen atoms in total. The largest absolute Gasteiger partial charge is 0.481 e. The topological polar surface area (TPSA) is 101 Å². The summed E-state index contributed by atoms with van der Waals surface area (Å²) in [4.78, 5) is 42.7. The summed E-state index contributed by atoms with van der Waals surface area (Å²) in [7, 11) is 0. The molecule has 0 radical (unpaired) electrons. The van der Waals surface area contributed by atoms with Crippen LogP contribution in [0.25, 0.3) is 11.7 Å². The van der Waals surface area contributed by atoms with Crippen molar-refractivity contribution >= 4 is 75.1 Å². The Balaban J connectivity index is 1.81. The van der Waals surface area contributed by atoms with E-state index in [1.54, 1.807) is 30.5 Å². The molecule has 0 saturated carbocycles. The van der Waals surface area contributed by atoms with Gasteiger partial charge in [0.25, 0.3) is 11.5 Å². The van der Waals surface area contributed by atoms with Crippen LogP contribution < -0.4 is 10.3 Å². The minimum atomic E-state index is -1.06. The molecule has 3 aromatic rings. The van der Waals surface area contributed by atoms with Crippen LogP contribution in [-0.4, -0.2) is 42.1 Å². The van der Waals surface area contributed by atoms with E-state index in [2.05, 4.69) is 4.98 Å². The number of thiocarbonyl (C=S) groups is 1. The molecule has 0 atom stereocenters. The Morgan fingerprint density at radius 2 is 2.03 bits per heavy atom. The molecule has 1 aliphatic heterocycles. The first-order valence-corrected chi connectivity index (χ1v) is 11.3. The van der Waals surface area contributed by atoms with E-state index in [9.17, 15) is 14.4 Å². The molecule has 12 heteroatoms. The van der Waals surface area contributed by atoms with E-state index in [1.165, 1.54) is 27.5 Å². The Labute approximate surface area is 206 Å². The van der Waals surface area contributed by atoms with Crippen LogP contribution in [0, 0.1) is 0 Å². The molecule has 0 aliphatic carbocycles. The summed E-state index contributed by atoms with van der Waals surface area (Å²) in [5, 5.41) is 9.53. The van der Waals surface area contributed by atoms with Gasteiger partial charge in [-0.3, -0.25) is 23.7 Å². The highest BCUT2D eigenvalue weighted by Gasteiger charge is 2.33. The number of aromatic nitrogens is 2. The zero-order valence-corrected chi connectivity index (χ0v) is 19.7. The normalized spacial score (nSPS) is 15.0. The van der Waals surface area contributed by atoms with Gasteiger partial charge in [0.05, 0.1) is 16.3 Å². The Hall–Kier alpha value is -2.92. The summed E-state index contributed by atoms with van der Waals surface area (Å²) in [6.45, 7) is -0.0734. The first-order chi connectivity index (χ1) is 15.7. The van der Waals surface area contributed by atoms with E-state index in [-0.39, 0.29) is 44.4 Å². The first kappa shape index (κ1) is 23.2. The Bertz CT molecular complexity index is 1410. The van der Waals surface area contributed by atoms with Crippen LogP contribution in [0.15, 0.2) is 52.3 Å². The molecule has 1 aliphatic rings. The average molecular weight is 522 g/mol. The second-order valence-corrected chi connectivity index (χ2v) is 9.24. The first-order valence-electron chi connectivity index (χ1n) is 9.36. The number of aliphatic carboxylic acids is 1. The number of halogens is 2. The van der Waals surface area contributed by atoms with Gasteiger partial charge in [0.15, 0.2) is 0 Å². The molecule has 0 spiro atoms. The molecule has 3 heterocycles. The second-order valence-electron chi connectivity index (χ2n) is 6.72. The van der Waals surface area contributed by atoms with Gasteiger partial charge in [-0.15, -0.1) is 0 Å². The zero-order chi connectivity index (χ0) is 23.7. The third-order valence-electron chi connectivity index (χ3n) is 4.53. The predicted octanol–water partition coefficient (Wildman–Crippen LogP) is 4.47. The second kappa shape index (κ2) is 9.52. The van der Waals surface area contributed by atoms with Crippen molar-refractivity contribution in [3.8, 4) is 11.6 Å². The molecule has 1 fully saturated rings. The van der Waals surface area contributed by atoms with E-state index in [4.69, 9.17) is 45.3 Å². The number of carbonyl (C=O) groups excluding carboxylic acids is 1. The van der Waals surface area contributed by atoms with Crippen molar-refractivity contribution in [2.24, 2.45) is 0 Å². The van der Waals surface area contributed by atoms with Crippen LogP contribution >= 0.6 is 47.2 Å². The van der Waals surface area contributed by atoms with Gasteiger partial charge < -0.3 is 9.84 Å². The molecule has 168 valence electrons. The van der Waals surface area contributed by atoms with Gasteiger partial charge in [-0.25, -0.2) is 0 Å². The maximum Gasteiger partial charge on any atom is 0.305 e. The molecule has 1 saturated heterocycles. The van der Waals surface area contributed by atoms with Crippen LogP contribution in [0.4, 0.5) is 0 Å². The van der Waals surface area contributed by atoms with E-state index in [0.29, 0.717) is 10.7 Å². The number of pyridine rings is 1. The molecule has 0 bridgehead atoms. The van der Waals surface area contributed by atoms with Crippen molar-refractivity contribution in [2.45, 2.75) is 6.42 Å². The standard InChI is InChI=1S/C21H13Cl2N3O5S2/c22-11-4-5-14(13(23)9-11)31-18-12(19(29)25-7-2-1-3-16(25)24-18)10-15-20(30)26(21(32)33-15)8-6-17(27)28/h1-5,7,9-10H,6,8H2,(H,27,28)/b15-10+. The molecular weight excluding hydrogens is 509 g/mol. The average Bonchev–Trinajstić information content (AvgIpc) is 3.03. The molecule has 1 N–H and O–H groups in total. The van der Waals surface area contributed by atoms with Crippen molar-refractivity contribution in [3.05, 3.63) is 73.5 Å². The Kier molecular flexibility index (Phi) is 6.71. The number of ether oxygens (including phenoxy) is 1. The third kappa shape index (κ3) is 4.88. The number of carbonyl (C=O) groups is 2. The molecule has 0 unspecified atom stereocenters. The molecular formula is C21H13Cl2N3O5S2. The fourth-order valence-corrected chi connectivity index (χ4v) is 4.71. The summed E-state index contributed by atoms with van der Waals surface area (Å²) in [5.74, 6) is -1.40. The molecule has 1 aromatic carbocycles. The number of hydrogen-bond acceptors (Lipinski definition) is 7. The number of rotatable bonds is 6. The Morgan fingerprint density at radius 1 is 1.24 bits per heavy atom. The number of carboxylic acid groups (broad SMARTS) is 1. The number of nitrogens with zero attached hydrogens (tertiary/aromatic N) is 3. The van der Waals surface area contributed by atoms with Gasteiger partial charge in [-0.2, -0.15) is 4.98 Å². The number of benzene rings is 1. The van der Waals surface area contributed by atoms with E-state index in [0.717, 1.165) is 11.8 Å². The van der Waals surface area contributed by atoms with Crippen LogP contribution in [0.1, 0.15) is 12.0 Å². The maximum absolute atomic E-state index is 13.3. The number of amides is 1. The summed E-state index contributed by atoms with van der Waals surface area (Å²) in [6.07, 6.45) is 2.62. The zero-order valence-electron chi connectivity index (χ0n) is 16.5. The molecule has 33 heavy (non-hydrogen) atoms. The van der Waals surface area contributed by atoms with Crippen LogP contribution in [0.2, 0.25) is 10.0 Å². The third-order valence-corrected chi connectivity index (χ3v) is 6.44. The van der Waals surface area contributed by atoms with Gasteiger partial charge in [0, 0.05) is 17.8 Å². The SMILES string of the molecule is O=C(O)CCN1C(=O)/C(=C\c2c(Oc3ccc(Cl)cc3Cl)nc3ccccn3c2=O)SC1=S. The number of fused-ring (bicyclic) bond motifs is 1. The fourth-order valence-electron chi connectivity index (χ4n) is 2.98. The number of hydrogen-bond donors (Lipinski definition) is 1.